The minimum absolute atomic E-state index is 0.154. The minimum atomic E-state index is -0.287. The Morgan fingerprint density at radius 1 is 1.37 bits per heavy atom. The maximum atomic E-state index is 13.8. The third-order valence-corrected chi connectivity index (χ3v) is 4.31. The highest BCUT2D eigenvalue weighted by Crippen LogP contribution is 2.38. The molecule has 2 nitrogen and oxygen atoms in total. The fourth-order valence-electron chi connectivity index (χ4n) is 3.25. The number of nitrogens with two attached hydrogens (primary N) is 1. The first-order valence-electron chi connectivity index (χ1n) is 7.24. The minimum Gasteiger partial charge on any atom is -0.494 e. The van der Waals surface area contributed by atoms with E-state index < -0.39 is 0 Å². The zero-order valence-electron chi connectivity index (χ0n) is 11.9. The highest BCUT2D eigenvalue weighted by Gasteiger charge is 2.29. The zero-order valence-corrected chi connectivity index (χ0v) is 11.9. The van der Waals surface area contributed by atoms with Crippen LogP contribution in [0.15, 0.2) is 18.2 Å². The summed E-state index contributed by atoms with van der Waals surface area (Å²) >= 11 is 0. The summed E-state index contributed by atoms with van der Waals surface area (Å²) in [5.74, 6) is 1.04. The molecule has 0 aliphatic heterocycles. The fraction of sp³-hybridized carbons (Fsp3) is 0.625. The Morgan fingerprint density at radius 3 is 2.79 bits per heavy atom. The monoisotopic (exact) mass is 265 g/mol. The third kappa shape index (κ3) is 3.27. The average molecular weight is 265 g/mol. The molecule has 1 aliphatic carbocycles. The van der Waals surface area contributed by atoms with Gasteiger partial charge in [-0.2, -0.15) is 0 Å². The molecule has 106 valence electrons. The first-order chi connectivity index (χ1) is 9.15. The van der Waals surface area contributed by atoms with Crippen molar-refractivity contribution < 1.29 is 9.13 Å². The van der Waals surface area contributed by atoms with Crippen LogP contribution in [0.2, 0.25) is 0 Å². The predicted molar refractivity (Wildman–Crippen MR) is 75.9 cm³/mol. The van der Waals surface area contributed by atoms with Crippen LogP contribution >= 0.6 is 0 Å². The van der Waals surface area contributed by atoms with Crippen molar-refractivity contribution in [1.82, 2.24) is 0 Å². The number of hydrogen-bond acceptors (Lipinski definition) is 2. The molecule has 2 rings (SSSR count). The summed E-state index contributed by atoms with van der Waals surface area (Å²) in [5, 5.41) is 0. The zero-order chi connectivity index (χ0) is 13.8. The lowest BCUT2D eigenvalue weighted by Crippen LogP contribution is -2.34. The summed E-state index contributed by atoms with van der Waals surface area (Å²) in [7, 11) is 1.49. The van der Waals surface area contributed by atoms with Crippen LogP contribution in [-0.2, 0) is 0 Å². The highest BCUT2D eigenvalue weighted by molar-refractivity contribution is 5.32. The lowest BCUT2D eigenvalue weighted by Gasteiger charge is -2.34. The van der Waals surface area contributed by atoms with E-state index in [9.17, 15) is 4.39 Å². The molecule has 1 saturated carbocycles. The number of benzene rings is 1. The van der Waals surface area contributed by atoms with Crippen molar-refractivity contribution in [2.24, 2.45) is 11.7 Å². The highest BCUT2D eigenvalue weighted by atomic mass is 19.1. The van der Waals surface area contributed by atoms with Gasteiger partial charge in [-0.15, -0.1) is 0 Å². The van der Waals surface area contributed by atoms with Crippen molar-refractivity contribution in [2.75, 3.05) is 7.11 Å². The first-order valence-corrected chi connectivity index (χ1v) is 7.24. The van der Waals surface area contributed by atoms with E-state index in [2.05, 4.69) is 6.92 Å². The molecule has 1 fully saturated rings. The lowest BCUT2D eigenvalue weighted by atomic mass is 9.74. The Morgan fingerprint density at radius 2 is 2.16 bits per heavy atom. The van der Waals surface area contributed by atoms with Gasteiger partial charge in [0.2, 0.25) is 0 Å². The largest absolute Gasteiger partial charge is 0.494 e. The summed E-state index contributed by atoms with van der Waals surface area (Å²) in [5.41, 5.74) is 7.26. The Hall–Kier alpha value is -1.09. The van der Waals surface area contributed by atoms with Gasteiger partial charge in [-0.05, 0) is 48.8 Å². The van der Waals surface area contributed by atoms with Gasteiger partial charge in [-0.3, -0.25) is 0 Å². The molecule has 1 aromatic carbocycles. The van der Waals surface area contributed by atoms with Gasteiger partial charge in [0.05, 0.1) is 7.11 Å². The van der Waals surface area contributed by atoms with Gasteiger partial charge in [0.15, 0.2) is 11.6 Å². The third-order valence-electron chi connectivity index (χ3n) is 4.31. The van der Waals surface area contributed by atoms with Crippen LogP contribution in [0.1, 0.15) is 50.5 Å². The van der Waals surface area contributed by atoms with E-state index in [1.165, 1.54) is 26.4 Å². The van der Waals surface area contributed by atoms with Gasteiger partial charge in [0.25, 0.3) is 0 Å². The Bertz CT molecular complexity index is 421. The number of hydrogen-bond donors (Lipinski definition) is 1. The van der Waals surface area contributed by atoms with Crippen LogP contribution < -0.4 is 10.5 Å². The van der Waals surface area contributed by atoms with Gasteiger partial charge in [-0.1, -0.05) is 25.8 Å². The van der Waals surface area contributed by atoms with Crippen molar-refractivity contribution in [1.29, 1.82) is 0 Å². The van der Waals surface area contributed by atoms with Crippen molar-refractivity contribution in [2.45, 2.75) is 51.0 Å². The second-order valence-electron chi connectivity index (χ2n) is 5.63. The van der Waals surface area contributed by atoms with Crippen LogP contribution in [0.4, 0.5) is 4.39 Å². The van der Waals surface area contributed by atoms with E-state index in [1.54, 1.807) is 12.1 Å². The first kappa shape index (κ1) is 14.3. The maximum Gasteiger partial charge on any atom is 0.165 e. The summed E-state index contributed by atoms with van der Waals surface area (Å²) in [6, 6.07) is 5.42. The summed E-state index contributed by atoms with van der Waals surface area (Å²) in [6.07, 6.45) is 5.80. The summed E-state index contributed by atoms with van der Waals surface area (Å²) < 4.78 is 18.8. The van der Waals surface area contributed by atoms with Crippen LogP contribution in [-0.4, -0.2) is 13.2 Å². The van der Waals surface area contributed by atoms with Crippen LogP contribution in [0.5, 0.6) is 5.75 Å². The average Bonchev–Trinajstić information content (AvgIpc) is 2.41. The molecular weight excluding hydrogens is 241 g/mol. The molecule has 0 saturated heterocycles. The van der Waals surface area contributed by atoms with Crippen LogP contribution in [0.3, 0.4) is 0 Å². The molecule has 19 heavy (non-hydrogen) atoms. The Kier molecular flexibility index (Phi) is 4.81. The number of halogens is 1. The summed E-state index contributed by atoms with van der Waals surface area (Å²) in [4.78, 5) is 0. The van der Waals surface area contributed by atoms with Crippen molar-refractivity contribution in [3.63, 3.8) is 0 Å². The van der Waals surface area contributed by atoms with Crippen molar-refractivity contribution >= 4 is 0 Å². The van der Waals surface area contributed by atoms with Crippen LogP contribution in [0, 0.1) is 11.7 Å². The molecule has 1 aromatic rings. The van der Waals surface area contributed by atoms with E-state index in [1.807, 2.05) is 6.07 Å². The van der Waals surface area contributed by atoms with Gasteiger partial charge < -0.3 is 10.5 Å². The molecule has 2 N–H and O–H groups in total. The molecule has 0 amide bonds. The number of ether oxygens (including phenoxy) is 1. The van der Waals surface area contributed by atoms with Crippen LogP contribution in [0.25, 0.3) is 0 Å². The normalized spacial score (nSPS) is 27.3. The summed E-state index contributed by atoms with van der Waals surface area (Å²) in [6.45, 7) is 2.22. The molecule has 3 unspecified atom stereocenters. The Labute approximate surface area is 115 Å². The van der Waals surface area contributed by atoms with Gasteiger partial charge in [-0.25, -0.2) is 4.39 Å². The lowest BCUT2D eigenvalue weighted by molar-refractivity contribution is 0.273. The van der Waals surface area contributed by atoms with E-state index >= 15 is 0 Å². The van der Waals surface area contributed by atoms with Gasteiger partial charge in [0, 0.05) is 6.04 Å². The molecule has 0 heterocycles. The molecule has 3 heteroatoms. The number of rotatable bonds is 4. The molecule has 1 aliphatic rings. The molecule has 0 spiro atoms. The molecule has 3 atom stereocenters. The molecule has 0 aromatic heterocycles. The predicted octanol–water partition coefficient (Wildman–Crippen LogP) is 3.85. The fourth-order valence-corrected chi connectivity index (χ4v) is 3.25. The maximum absolute atomic E-state index is 13.8. The molecule has 0 radical (unpaired) electrons. The second kappa shape index (κ2) is 6.38. The van der Waals surface area contributed by atoms with E-state index in [4.69, 9.17) is 10.5 Å². The molecule has 0 bridgehead atoms. The second-order valence-corrected chi connectivity index (χ2v) is 5.63. The van der Waals surface area contributed by atoms with Crippen molar-refractivity contribution in [3.8, 4) is 5.75 Å². The van der Waals surface area contributed by atoms with Gasteiger partial charge in [0.1, 0.15) is 0 Å². The standard InChI is InChI=1S/C16H24FNO/c1-3-4-11-5-7-15(18)13(9-11)12-6-8-16(19-2)14(17)10-12/h6,8,10-11,13,15H,3-5,7,9,18H2,1-2H3. The van der Waals surface area contributed by atoms with E-state index in [0.717, 1.165) is 24.3 Å². The number of methoxy groups -OCH3 is 1. The quantitative estimate of drug-likeness (QED) is 0.897. The SMILES string of the molecule is CCCC1CCC(N)C(c2ccc(OC)c(F)c2)C1. The van der Waals surface area contributed by atoms with Crippen molar-refractivity contribution in [3.05, 3.63) is 29.6 Å². The van der Waals surface area contributed by atoms with Gasteiger partial charge >= 0.3 is 0 Å². The molecular formula is C16H24FNO. The topological polar surface area (TPSA) is 35.2 Å². The van der Waals surface area contributed by atoms with E-state index in [0.29, 0.717) is 5.75 Å². The smallest absolute Gasteiger partial charge is 0.165 e. The van der Waals surface area contributed by atoms with E-state index in [-0.39, 0.29) is 17.8 Å². The Balaban J connectivity index is 2.16.